The minimum atomic E-state index is -0.500. The molecule has 23 heavy (non-hydrogen) atoms. The van der Waals surface area contributed by atoms with Crippen molar-refractivity contribution in [3.05, 3.63) is 70.9 Å². The van der Waals surface area contributed by atoms with Crippen LogP contribution in [0.3, 0.4) is 0 Å². The smallest absolute Gasteiger partial charge is 0.194 e. The van der Waals surface area contributed by atoms with Crippen LogP contribution in [0.2, 0.25) is 0 Å². The van der Waals surface area contributed by atoms with Crippen molar-refractivity contribution < 1.29 is 4.92 Å². The molecule has 0 aliphatic heterocycles. The summed E-state index contributed by atoms with van der Waals surface area (Å²) < 4.78 is 0. The van der Waals surface area contributed by atoms with E-state index in [2.05, 4.69) is 29.2 Å². The van der Waals surface area contributed by atoms with Crippen LogP contribution < -0.4 is 5.73 Å². The molecule has 0 saturated heterocycles. The van der Waals surface area contributed by atoms with Crippen molar-refractivity contribution in [1.29, 1.82) is 0 Å². The van der Waals surface area contributed by atoms with Crippen molar-refractivity contribution >= 4 is 38.1 Å². The molecule has 1 heterocycles. The third-order valence-corrected chi connectivity index (χ3v) is 3.66. The van der Waals surface area contributed by atoms with Crippen LogP contribution in [-0.4, -0.2) is 17.0 Å². The second-order valence-electron chi connectivity index (χ2n) is 5.19. The van der Waals surface area contributed by atoms with E-state index in [1.54, 1.807) is 0 Å². The first-order valence-electron chi connectivity index (χ1n) is 7.10. The zero-order chi connectivity index (χ0) is 16.4. The Labute approximate surface area is 132 Å². The van der Waals surface area contributed by atoms with Crippen molar-refractivity contribution in [3.63, 3.8) is 0 Å². The van der Waals surface area contributed by atoms with Gasteiger partial charge in [0, 0.05) is 33.0 Å². The van der Waals surface area contributed by atoms with Crippen molar-refractivity contribution in [2.45, 2.75) is 0 Å². The molecule has 0 spiro atoms. The number of pyridine rings is 1. The Balaban J connectivity index is 0.000000354. The van der Waals surface area contributed by atoms with Gasteiger partial charge in [-0.1, -0.05) is 42.5 Å². The van der Waals surface area contributed by atoms with Gasteiger partial charge in [0.15, 0.2) is 7.05 Å². The number of fused-ring (bicyclic) bond motifs is 4. The Morgan fingerprint density at radius 1 is 0.957 bits per heavy atom. The minimum absolute atomic E-state index is 0.500. The number of hydrogen-bond donors (Lipinski definition) is 1. The van der Waals surface area contributed by atoms with Gasteiger partial charge >= 0.3 is 0 Å². The maximum atomic E-state index is 8.81. The number of nitrogens with zero attached hydrogens (tertiary/aromatic N) is 2. The lowest BCUT2D eigenvalue weighted by Gasteiger charge is -2.09. The molecule has 114 valence electrons. The topological polar surface area (TPSA) is 82.0 Å². The summed E-state index contributed by atoms with van der Waals surface area (Å²) in [7, 11) is 0.889. The predicted octanol–water partition coefficient (Wildman–Crippen LogP) is 4.02. The molecule has 5 heteroatoms. The summed E-state index contributed by atoms with van der Waals surface area (Å²) in [4.78, 5) is 12.8. The zero-order valence-corrected chi connectivity index (χ0v) is 12.6. The average Bonchev–Trinajstić information content (AvgIpc) is 2.54. The number of hydrogen-bond acceptors (Lipinski definition) is 4. The highest BCUT2D eigenvalue weighted by Crippen LogP contribution is 2.33. The van der Waals surface area contributed by atoms with E-state index in [4.69, 9.17) is 15.8 Å². The van der Waals surface area contributed by atoms with Gasteiger partial charge in [0.1, 0.15) is 0 Å². The van der Waals surface area contributed by atoms with E-state index in [0.717, 1.165) is 34.4 Å². The normalized spacial score (nSPS) is 10.5. The highest BCUT2D eigenvalue weighted by Gasteiger charge is 2.07. The van der Waals surface area contributed by atoms with Gasteiger partial charge in [-0.25, -0.2) is 0 Å². The summed E-state index contributed by atoms with van der Waals surface area (Å²) in [5, 5.41) is 14.4. The van der Waals surface area contributed by atoms with Crippen molar-refractivity contribution in [1.82, 2.24) is 4.98 Å². The molecule has 0 radical (unpaired) electrons. The highest BCUT2D eigenvalue weighted by molar-refractivity contribution is 6.17. The maximum absolute atomic E-state index is 8.81. The Kier molecular flexibility index (Phi) is 3.76. The number of para-hydroxylation sites is 1. The first-order chi connectivity index (χ1) is 11.1. The van der Waals surface area contributed by atoms with Gasteiger partial charge in [-0.15, -0.1) is 0 Å². The lowest BCUT2D eigenvalue weighted by Crippen LogP contribution is -1.91. The highest BCUT2D eigenvalue weighted by atomic mass is 16.6. The molecule has 0 amide bonds. The summed E-state index contributed by atoms with van der Waals surface area (Å²) in [6.07, 6.45) is 1.87. The summed E-state index contributed by atoms with van der Waals surface area (Å²) in [5.41, 5.74) is 8.12. The summed E-state index contributed by atoms with van der Waals surface area (Å²) >= 11 is 0. The first-order valence-corrected chi connectivity index (χ1v) is 7.10. The number of anilines is 1. The third kappa shape index (κ3) is 2.76. The Bertz CT molecular complexity index is 1020. The number of aromatic nitrogens is 1. The second-order valence-corrected chi connectivity index (χ2v) is 5.19. The van der Waals surface area contributed by atoms with Crippen LogP contribution in [0.25, 0.3) is 32.4 Å². The molecule has 2 N–H and O–H groups in total. The van der Waals surface area contributed by atoms with Gasteiger partial charge < -0.3 is 5.73 Å². The van der Waals surface area contributed by atoms with E-state index in [9.17, 15) is 0 Å². The average molecular weight is 305 g/mol. The van der Waals surface area contributed by atoms with Crippen LogP contribution in [0.5, 0.6) is 0 Å². The molecule has 0 bridgehead atoms. The maximum Gasteiger partial charge on any atom is 0.194 e. The SMILES string of the molecule is C[N+](=O)[O-].Nc1c2ccccc2cc2c1cnc1ccccc12. The fourth-order valence-electron chi connectivity index (χ4n) is 2.70. The molecule has 5 nitrogen and oxygen atoms in total. The third-order valence-electron chi connectivity index (χ3n) is 3.66. The molecular weight excluding hydrogens is 290 g/mol. The molecule has 0 unspecified atom stereocenters. The van der Waals surface area contributed by atoms with E-state index in [-0.39, 0.29) is 0 Å². The molecule has 0 fully saturated rings. The van der Waals surface area contributed by atoms with Crippen LogP contribution in [0.4, 0.5) is 5.69 Å². The molecule has 4 rings (SSSR count). The van der Waals surface area contributed by atoms with Gasteiger partial charge in [0.25, 0.3) is 0 Å². The van der Waals surface area contributed by atoms with Gasteiger partial charge in [-0.05, 0) is 22.9 Å². The van der Waals surface area contributed by atoms with Crippen LogP contribution >= 0.6 is 0 Å². The molecule has 0 aliphatic carbocycles. The Morgan fingerprint density at radius 3 is 2.30 bits per heavy atom. The van der Waals surface area contributed by atoms with E-state index in [0.29, 0.717) is 0 Å². The minimum Gasteiger partial charge on any atom is -0.398 e. The van der Waals surface area contributed by atoms with E-state index >= 15 is 0 Å². The fourth-order valence-corrected chi connectivity index (χ4v) is 2.70. The lowest BCUT2D eigenvalue weighted by molar-refractivity contribution is -0.445. The summed E-state index contributed by atoms with van der Waals surface area (Å²) in [6, 6.07) is 18.6. The monoisotopic (exact) mass is 305 g/mol. The lowest BCUT2D eigenvalue weighted by atomic mass is 10.00. The molecule has 1 aromatic heterocycles. The van der Waals surface area contributed by atoms with Crippen LogP contribution in [-0.2, 0) is 0 Å². The Morgan fingerprint density at radius 2 is 1.57 bits per heavy atom. The number of nitrogen functional groups attached to an aromatic ring is 1. The van der Waals surface area contributed by atoms with Crippen molar-refractivity contribution in [2.75, 3.05) is 12.8 Å². The van der Waals surface area contributed by atoms with Gasteiger partial charge in [-0.3, -0.25) is 15.1 Å². The largest absolute Gasteiger partial charge is 0.398 e. The number of nitro groups is 1. The van der Waals surface area contributed by atoms with Gasteiger partial charge in [0.2, 0.25) is 0 Å². The van der Waals surface area contributed by atoms with Gasteiger partial charge in [-0.2, -0.15) is 0 Å². The van der Waals surface area contributed by atoms with Crippen molar-refractivity contribution in [3.8, 4) is 0 Å². The molecular formula is C18H15N3O2. The zero-order valence-electron chi connectivity index (χ0n) is 12.6. The molecule has 0 saturated carbocycles. The van der Waals surface area contributed by atoms with Crippen LogP contribution in [0, 0.1) is 10.1 Å². The van der Waals surface area contributed by atoms with Crippen LogP contribution in [0.15, 0.2) is 60.8 Å². The summed E-state index contributed by atoms with van der Waals surface area (Å²) in [5.74, 6) is 0. The van der Waals surface area contributed by atoms with E-state index in [1.165, 1.54) is 10.8 Å². The van der Waals surface area contributed by atoms with Gasteiger partial charge in [0.05, 0.1) is 5.52 Å². The Hall–Kier alpha value is -3.21. The number of benzene rings is 3. The molecule has 0 aliphatic rings. The molecule has 4 aromatic rings. The standard InChI is InChI=1S/C17H12N2.CH3NO2/c18-17-12-6-2-1-5-11(12)9-14-13-7-3-4-8-16(13)19-10-15(14)17;1-2(3)4/h1-10H,18H2;1H3. The summed E-state index contributed by atoms with van der Waals surface area (Å²) in [6.45, 7) is 0. The number of nitrogens with two attached hydrogens (primary N) is 1. The second kappa shape index (κ2) is 5.88. The molecule has 3 aromatic carbocycles. The molecule has 0 atom stereocenters. The van der Waals surface area contributed by atoms with Crippen LogP contribution in [0.1, 0.15) is 0 Å². The number of rotatable bonds is 0. The predicted molar refractivity (Wildman–Crippen MR) is 94.1 cm³/mol. The first kappa shape index (κ1) is 14.7. The quantitative estimate of drug-likeness (QED) is 0.175. The van der Waals surface area contributed by atoms with E-state index in [1.807, 2.05) is 36.5 Å². The van der Waals surface area contributed by atoms with E-state index < -0.39 is 4.92 Å². The fraction of sp³-hybridized carbons (Fsp3) is 0.0556. The van der Waals surface area contributed by atoms with Crippen molar-refractivity contribution in [2.24, 2.45) is 0 Å².